The maximum absolute atomic E-state index is 9.17. The lowest BCUT2D eigenvalue weighted by Crippen LogP contribution is -2.17. The minimum absolute atomic E-state index is 0.566. The molecule has 0 amide bonds. The van der Waals surface area contributed by atoms with Gasteiger partial charge < -0.3 is 9.47 Å². The fourth-order valence-corrected chi connectivity index (χ4v) is 3.63. The van der Waals surface area contributed by atoms with E-state index in [0.29, 0.717) is 25.3 Å². The van der Waals surface area contributed by atoms with E-state index >= 15 is 0 Å². The van der Waals surface area contributed by atoms with E-state index in [0.717, 1.165) is 45.1 Å². The summed E-state index contributed by atoms with van der Waals surface area (Å²) in [4.78, 5) is 0. The van der Waals surface area contributed by atoms with Crippen LogP contribution < -0.4 is 9.47 Å². The number of para-hydroxylation sites is 1. The van der Waals surface area contributed by atoms with Gasteiger partial charge in [-0.05, 0) is 50.1 Å². The number of hydrogen-bond acceptors (Lipinski definition) is 4. The van der Waals surface area contributed by atoms with E-state index in [4.69, 9.17) is 19.8 Å². The number of aromatic nitrogens is 2. The first kappa shape index (κ1) is 17.2. The molecule has 1 aliphatic heterocycles. The molecule has 27 heavy (non-hydrogen) atoms. The van der Waals surface area contributed by atoms with Crippen molar-refractivity contribution in [3.8, 4) is 28.7 Å². The molecule has 0 spiro atoms. The third-order valence-corrected chi connectivity index (χ3v) is 4.98. The third-order valence-electron chi connectivity index (χ3n) is 4.98. The summed E-state index contributed by atoms with van der Waals surface area (Å²) in [6.07, 6.45) is 0. The number of benzene rings is 2. The van der Waals surface area contributed by atoms with E-state index in [1.54, 1.807) is 0 Å². The lowest BCUT2D eigenvalue weighted by molar-refractivity contribution is 0.169. The Morgan fingerprint density at radius 2 is 1.93 bits per heavy atom. The second-order valence-electron chi connectivity index (χ2n) is 6.79. The van der Waals surface area contributed by atoms with Gasteiger partial charge >= 0.3 is 0 Å². The Hall–Kier alpha value is -3.26. The number of hydrogen-bond donors (Lipinski definition) is 0. The highest BCUT2D eigenvalue weighted by Crippen LogP contribution is 2.35. The van der Waals surface area contributed by atoms with Crippen molar-refractivity contribution in [1.82, 2.24) is 9.78 Å². The molecule has 136 valence electrons. The molecule has 0 N–H and O–H groups in total. The van der Waals surface area contributed by atoms with Crippen LogP contribution in [0, 0.1) is 32.1 Å². The molecule has 0 saturated carbocycles. The van der Waals surface area contributed by atoms with Crippen molar-refractivity contribution < 1.29 is 9.47 Å². The van der Waals surface area contributed by atoms with Crippen LogP contribution in [0.15, 0.2) is 36.4 Å². The third kappa shape index (κ3) is 3.04. The van der Waals surface area contributed by atoms with Crippen LogP contribution >= 0.6 is 0 Å². The smallest absolute Gasteiger partial charge is 0.166 e. The van der Waals surface area contributed by atoms with E-state index < -0.39 is 0 Å². The largest absolute Gasteiger partial charge is 0.486 e. The molecular weight excluding hydrogens is 338 g/mol. The second kappa shape index (κ2) is 6.81. The maximum atomic E-state index is 9.17. The van der Waals surface area contributed by atoms with Crippen molar-refractivity contribution in [3.05, 3.63) is 64.5 Å². The molecule has 0 atom stereocenters. The monoisotopic (exact) mass is 359 g/mol. The van der Waals surface area contributed by atoms with E-state index in [-0.39, 0.29) is 0 Å². The molecule has 1 aliphatic rings. The van der Waals surface area contributed by atoms with Gasteiger partial charge in [-0.3, -0.25) is 4.68 Å². The lowest BCUT2D eigenvalue weighted by Gasteiger charge is -2.21. The molecule has 3 aromatic rings. The number of fused-ring (bicyclic) bond motifs is 1. The first-order valence-corrected chi connectivity index (χ1v) is 9.01. The first-order valence-electron chi connectivity index (χ1n) is 9.01. The predicted octanol–water partition coefficient (Wildman–Crippen LogP) is 4.17. The molecule has 2 heterocycles. The number of rotatable bonds is 3. The summed E-state index contributed by atoms with van der Waals surface area (Å²) >= 11 is 0. The zero-order valence-electron chi connectivity index (χ0n) is 15.7. The Morgan fingerprint density at radius 1 is 1.11 bits per heavy atom. The zero-order valence-corrected chi connectivity index (χ0v) is 15.7. The topological polar surface area (TPSA) is 60.1 Å². The lowest BCUT2D eigenvalue weighted by atomic mass is 9.99. The van der Waals surface area contributed by atoms with Crippen LogP contribution in [-0.2, 0) is 6.54 Å². The number of nitrogens with zero attached hydrogens (tertiary/aromatic N) is 3. The summed E-state index contributed by atoms with van der Waals surface area (Å²) < 4.78 is 13.5. The highest BCUT2D eigenvalue weighted by atomic mass is 16.6. The van der Waals surface area contributed by atoms with Crippen LogP contribution in [0.1, 0.15) is 28.1 Å². The van der Waals surface area contributed by atoms with Gasteiger partial charge in [0.25, 0.3) is 0 Å². The minimum Gasteiger partial charge on any atom is -0.486 e. The fraction of sp³-hybridized carbons (Fsp3) is 0.273. The Kier molecular flexibility index (Phi) is 4.33. The van der Waals surface area contributed by atoms with E-state index in [2.05, 4.69) is 25.1 Å². The second-order valence-corrected chi connectivity index (χ2v) is 6.79. The molecule has 5 heteroatoms. The van der Waals surface area contributed by atoms with Gasteiger partial charge in [0, 0.05) is 16.8 Å². The Labute approximate surface area is 158 Å². The SMILES string of the molecule is Cc1cc(-c2c(C)nn(Cc3cccc4c3OCCO4)c2C)ccc1C#N. The standard InChI is InChI=1S/C22H21N3O2/c1-14-11-17(7-8-18(14)12-23)21-15(2)24-25(16(21)3)13-19-5-4-6-20-22(19)27-10-9-26-20/h4-8,11H,9-10,13H2,1-3H3. The molecule has 0 bridgehead atoms. The highest BCUT2D eigenvalue weighted by molar-refractivity contribution is 5.70. The molecule has 0 fully saturated rings. The summed E-state index contributed by atoms with van der Waals surface area (Å²) in [6, 6.07) is 14.1. The van der Waals surface area contributed by atoms with Gasteiger partial charge in [0.2, 0.25) is 0 Å². The molecule has 0 radical (unpaired) electrons. The number of aryl methyl sites for hydroxylation is 2. The van der Waals surface area contributed by atoms with E-state index in [9.17, 15) is 0 Å². The summed E-state index contributed by atoms with van der Waals surface area (Å²) in [7, 11) is 0. The molecule has 0 aliphatic carbocycles. The Morgan fingerprint density at radius 3 is 2.70 bits per heavy atom. The van der Waals surface area contributed by atoms with Crippen LogP contribution in [0.2, 0.25) is 0 Å². The molecule has 2 aromatic carbocycles. The minimum atomic E-state index is 0.566. The zero-order chi connectivity index (χ0) is 19.0. The van der Waals surface area contributed by atoms with E-state index in [1.165, 1.54) is 0 Å². The van der Waals surface area contributed by atoms with Crippen LogP contribution in [0.4, 0.5) is 0 Å². The highest BCUT2D eigenvalue weighted by Gasteiger charge is 2.19. The molecule has 1 aromatic heterocycles. The predicted molar refractivity (Wildman–Crippen MR) is 103 cm³/mol. The van der Waals surface area contributed by atoms with Crippen molar-refractivity contribution >= 4 is 0 Å². The summed E-state index contributed by atoms with van der Waals surface area (Å²) in [5.74, 6) is 1.61. The van der Waals surface area contributed by atoms with Crippen LogP contribution in [0.5, 0.6) is 11.5 Å². The van der Waals surface area contributed by atoms with Gasteiger partial charge in [0.15, 0.2) is 11.5 Å². The Balaban J connectivity index is 1.72. The van der Waals surface area contributed by atoms with Crippen molar-refractivity contribution in [1.29, 1.82) is 5.26 Å². The maximum Gasteiger partial charge on any atom is 0.166 e. The van der Waals surface area contributed by atoms with Gasteiger partial charge in [0.05, 0.1) is 23.9 Å². The van der Waals surface area contributed by atoms with E-state index in [1.807, 2.05) is 42.8 Å². The summed E-state index contributed by atoms with van der Waals surface area (Å²) in [6.45, 7) is 7.83. The van der Waals surface area contributed by atoms with Crippen molar-refractivity contribution in [2.45, 2.75) is 27.3 Å². The first-order chi connectivity index (χ1) is 13.1. The molecule has 4 rings (SSSR count). The van der Waals surface area contributed by atoms with Gasteiger partial charge in [-0.15, -0.1) is 0 Å². The average molecular weight is 359 g/mol. The van der Waals surface area contributed by atoms with Gasteiger partial charge in [-0.2, -0.15) is 10.4 Å². The van der Waals surface area contributed by atoms with Gasteiger partial charge in [-0.1, -0.05) is 18.2 Å². The molecule has 5 nitrogen and oxygen atoms in total. The van der Waals surface area contributed by atoms with Crippen molar-refractivity contribution in [2.75, 3.05) is 13.2 Å². The summed E-state index contributed by atoms with van der Waals surface area (Å²) in [5.41, 5.74) is 7.00. The fourth-order valence-electron chi connectivity index (χ4n) is 3.63. The molecular formula is C22H21N3O2. The molecule has 0 unspecified atom stereocenters. The number of ether oxygens (including phenoxy) is 2. The van der Waals surface area contributed by atoms with Crippen molar-refractivity contribution in [3.63, 3.8) is 0 Å². The van der Waals surface area contributed by atoms with Crippen LogP contribution in [-0.4, -0.2) is 23.0 Å². The number of nitriles is 1. The van der Waals surface area contributed by atoms with Gasteiger partial charge in [-0.25, -0.2) is 0 Å². The van der Waals surface area contributed by atoms with Crippen LogP contribution in [0.25, 0.3) is 11.1 Å². The van der Waals surface area contributed by atoms with Crippen LogP contribution in [0.3, 0.4) is 0 Å². The quantitative estimate of drug-likeness (QED) is 0.704. The Bertz CT molecular complexity index is 1060. The molecule has 0 saturated heterocycles. The van der Waals surface area contributed by atoms with Gasteiger partial charge in [0.1, 0.15) is 13.2 Å². The van der Waals surface area contributed by atoms with Crippen molar-refractivity contribution in [2.24, 2.45) is 0 Å². The normalized spacial score (nSPS) is 12.7. The summed E-state index contributed by atoms with van der Waals surface area (Å²) in [5, 5.41) is 13.9. The average Bonchev–Trinajstić information content (AvgIpc) is 2.95.